The van der Waals surface area contributed by atoms with Crippen LogP contribution in [0, 0.1) is 23.7 Å². The van der Waals surface area contributed by atoms with E-state index in [1.807, 2.05) is 0 Å². The van der Waals surface area contributed by atoms with Crippen molar-refractivity contribution in [1.82, 2.24) is 0 Å². The third-order valence-electron chi connectivity index (χ3n) is 19.5. The van der Waals surface area contributed by atoms with Gasteiger partial charge in [0.2, 0.25) is 0 Å². The topological polar surface area (TPSA) is 237 Å². The number of unbranched alkanes of at least 4 members (excludes halogenated alkanes) is 42. The molecule has 0 rings (SSSR count). The molecule has 0 saturated heterocycles. The zero-order chi connectivity index (χ0) is 73.8. The van der Waals surface area contributed by atoms with E-state index in [-0.39, 0.29) is 25.7 Å². The number of esters is 4. The molecule has 0 aromatic rings. The van der Waals surface area contributed by atoms with Crippen molar-refractivity contribution in [3.8, 4) is 0 Å². The van der Waals surface area contributed by atoms with Gasteiger partial charge in [-0.25, -0.2) is 9.13 Å². The minimum absolute atomic E-state index is 0.107. The third-order valence-corrected chi connectivity index (χ3v) is 21.4. The smallest absolute Gasteiger partial charge is 0.462 e. The Balaban J connectivity index is 5.22. The summed E-state index contributed by atoms with van der Waals surface area (Å²) in [6.07, 6.45) is 56.9. The number of carbonyl (C=O) groups excluding carboxylic acids is 4. The molecule has 0 saturated carbocycles. The Kier molecular flexibility index (Phi) is 68.7. The van der Waals surface area contributed by atoms with Gasteiger partial charge in [-0.05, 0) is 49.4 Å². The molecule has 0 radical (unpaired) electrons. The second kappa shape index (κ2) is 70.1. The second-order valence-electron chi connectivity index (χ2n) is 30.6. The molecule has 0 aliphatic heterocycles. The van der Waals surface area contributed by atoms with E-state index in [0.29, 0.717) is 25.7 Å². The Morgan fingerprint density at radius 2 is 0.480 bits per heavy atom. The van der Waals surface area contributed by atoms with E-state index in [0.717, 1.165) is 120 Å². The SMILES string of the molecule is CCC(C)CCCCCCCCCCC(=O)OC[C@H](COP(=O)(O)OC[C@@H](O)COP(=O)(O)OC[C@@H](COC(=O)CCCCCCCCC(C)CC)OC(=O)CCCCCCCCCCCCCCCCCCC(C)C)OC(=O)CCCCCCCCCCCCCCCCCCC(C)C. The van der Waals surface area contributed by atoms with Gasteiger partial charge < -0.3 is 33.8 Å². The predicted octanol–water partition coefficient (Wildman–Crippen LogP) is 24.0. The molecule has 4 unspecified atom stereocenters. The summed E-state index contributed by atoms with van der Waals surface area (Å²) in [6.45, 7) is 14.3. The van der Waals surface area contributed by atoms with E-state index in [9.17, 15) is 43.2 Å². The fraction of sp³-hybridized carbons (Fsp3) is 0.951. The summed E-state index contributed by atoms with van der Waals surface area (Å²) in [7, 11) is -9.92. The lowest BCUT2D eigenvalue weighted by atomic mass is 9.99. The number of aliphatic hydroxyl groups is 1. The number of phosphoric acid groups is 2. The maximum absolute atomic E-state index is 13.1. The molecule has 19 heteroatoms. The van der Waals surface area contributed by atoms with E-state index in [1.165, 1.54) is 212 Å². The lowest BCUT2D eigenvalue weighted by Crippen LogP contribution is -2.30. The largest absolute Gasteiger partial charge is 0.472 e. The Bertz CT molecular complexity index is 1960. The Labute approximate surface area is 613 Å². The molecule has 0 heterocycles. The van der Waals surface area contributed by atoms with Gasteiger partial charge >= 0.3 is 39.5 Å². The minimum Gasteiger partial charge on any atom is -0.462 e. The molecule has 0 aliphatic carbocycles. The van der Waals surface area contributed by atoms with Gasteiger partial charge in [0.1, 0.15) is 19.3 Å². The normalized spacial score (nSPS) is 14.6. The van der Waals surface area contributed by atoms with Crippen LogP contribution in [0.4, 0.5) is 0 Å². The summed E-state index contributed by atoms with van der Waals surface area (Å²) in [4.78, 5) is 73.0. The maximum atomic E-state index is 13.1. The van der Waals surface area contributed by atoms with Crippen LogP contribution in [0.2, 0.25) is 0 Å². The molecule has 100 heavy (non-hydrogen) atoms. The fourth-order valence-electron chi connectivity index (χ4n) is 12.4. The van der Waals surface area contributed by atoms with Crippen LogP contribution in [0.25, 0.3) is 0 Å². The molecule has 17 nitrogen and oxygen atoms in total. The summed E-state index contributed by atoms with van der Waals surface area (Å²) in [5, 5.41) is 10.6. The van der Waals surface area contributed by atoms with Gasteiger partial charge in [0.05, 0.1) is 26.4 Å². The first-order valence-electron chi connectivity index (χ1n) is 41.8. The van der Waals surface area contributed by atoms with E-state index in [2.05, 4.69) is 55.4 Å². The van der Waals surface area contributed by atoms with Crippen molar-refractivity contribution in [2.75, 3.05) is 39.6 Å². The van der Waals surface area contributed by atoms with Crippen molar-refractivity contribution in [2.24, 2.45) is 23.7 Å². The first-order chi connectivity index (χ1) is 48.2. The van der Waals surface area contributed by atoms with Crippen LogP contribution in [0.3, 0.4) is 0 Å². The average Bonchev–Trinajstić information content (AvgIpc) is 0.927. The molecule has 594 valence electrons. The van der Waals surface area contributed by atoms with E-state index < -0.39 is 97.5 Å². The molecule has 0 aromatic carbocycles. The highest BCUT2D eigenvalue weighted by atomic mass is 31.2. The molecule has 7 atom stereocenters. The minimum atomic E-state index is -4.96. The monoisotopic (exact) mass is 1470 g/mol. The van der Waals surface area contributed by atoms with Crippen molar-refractivity contribution < 1.29 is 80.2 Å². The summed E-state index contributed by atoms with van der Waals surface area (Å²) in [6, 6.07) is 0. The highest BCUT2D eigenvalue weighted by Gasteiger charge is 2.30. The highest BCUT2D eigenvalue weighted by molar-refractivity contribution is 7.47. The van der Waals surface area contributed by atoms with Gasteiger partial charge in [-0.2, -0.15) is 0 Å². The van der Waals surface area contributed by atoms with Gasteiger partial charge in [-0.1, -0.05) is 364 Å². The molecule has 0 aliphatic rings. The number of phosphoric ester groups is 2. The quantitative estimate of drug-likeness (QED) is 0.0222. The van der Waals surface area contributed by atoms with Crippen LogP contribution in [0.1, 0.15) is 415 Å². The summed E-state index contributed by atoms with van der Waals surface area (Å²) in [5.74, 6) is 1.01. The van der Waals surface area contributed by atoms with Crippen LogP contribution in [0.15, 0.2) is 0 Å². The molecular formula is C81H158O17P2. The van der Waals surface area contributed by atoms with Crippen molar-refractivity contribution in [1.29, 1.82) is 0 Å². The predicted molar refractivity (Wildman–Crippen MR) is 409 cm³/mol. The maximum Gasteiger partial charge on any atom is 0.472 e. The first kappa shape index (κ1) is 98.1. The summed E-state index contributed by atoms with van der Waals surface area (Å²) >= 11 is 0. The van der Waals surface area contributed by atoms with Crippen LogP contribution in [-0.2, 0) is 65.4 Å². The standard InChI is InChI=1S/C81H158O17P2/c1-9-73(7)59-51-43-35-31-32-36-45-53-61-78(83)91-67-76(97-80(85)63-55-47-37-29-25-21-17-13-11-15-19-23-27-33-41-49-57-71(3)4)69-95-99(87,88)93-65-75(82)66-94-100(89,90)96-70-77(68-92-79(84)62-54-46-40-39-44-52-60-74(8)10-2)98-81(86)64-56-48-38-30-26-22-18-14-12-16-20-24-28-34-42-50-58-72(5)6/h71-77,82H,9-70H2,1-8H3,(H,87,88)(H,89,90)/t73?,74?,75-,76-,77-/m1/s1. The molecule has 0 spiro atoms. The van der Waals surface area contributed by atoms with Gasteiger partial charge in [0.25, 0.3) is 0 Å². The molecule has 0 amide bonds. The number of ether oxygens (including phenoxy) is 4. The fourth-order valence-corrected chi connectivity index (χ4v) is 13.9. The van der Waals surface area contributed by atoms with Gasteiger partial charge in [-0.15, -0.1) is 0 Å². The summed E-state index contributed by atoms with van der Waals surface area (Å²) < 4.78 is 68.7. The van der Waals surface area contributed by atoms with E-state index in [4.69, 9.17) is 37.0 Å². The lowest BCUT2D eigenvalue weighted by molar-refractivity contribution is -0.161. The van der Waals surface area contributed by atoms with E-state index in [1.54, 1.807) is 0 Å². The molecule has 3 N–H and O–H groups in total. The number of hydrogen-bond acceptors (Lipinski definition) is 15. The van der Waals surface area contributed by atoms with Crippen molar-refractivity contribution in [3.63, 3.8) is 0 Å². The Morgan fingerprint density at radius 3 is 0.710 bits per heavy atom. The third kappa shape index (κ3) is 71.7. The lowest BCUT2D eigenvalue weighted by Gasteiger charge is -2.21. The molecule has 0 fully saturated rings. The average molecular weight is 1470 g/mol. The molecule has 0 bridgehead atoms. The number of hydrogen-bond donors (Lipinski definition) is 3. The van der Waals surface area contributed by atoms with Gasteiger partial charge in [0, 0.05) is 25.7 Å². The van der Waals surface area contributed by atoms with Crippen molar-refractivity contribution in [2.45, 2.75) is 433 Å². The van der Waals surface area contributed by atoms with E-state index >= 15 is 0 Å². The number of rotatable bonds is 78. The van der Waals surface area contributed by atoms with Crippen molar-refractivity contribution in [3.05, 3.63) is 0 Å². The number of aliphatic hydroxyl groups excluding tert-OH is 1. The number of carbonyl (C=O) groups is 4. The van der Waals surface area contributed by atoms with Crippen LogP contribution in [-0.4, -0.2) is 96.7 Å². The van der Waals surface area contributed by atoms with Crippen molar-refractivity contribution >= 4 is 39.5 Å². The molecular weight excluding hydrogens is 1310 g/mol. The Hall–Kier alpha value is -1.94. The van der Waals surface area contributed by atoms with Gasteiger partial charge in [-0.3, -0.25) is 37.3 Å². The molecule has 0 aromatic heterocycles. The highest BCUT2D eigenvalue weighted by Crippen LogP contribution is 2.45. The Morgan fingerprint density at radius 1 is 0.280 bits per heavy atom. The van der Waals surface area contributed by atoms with Crippen LogP contribution >= 0.6 is 15.6 Å². The first-order valence-corrected chi connectivity index (χ1v) is 44.8. The zero-order valence-corrected chi connectivity index (χ0v) is 67.6. The van der Waals surface area contributed by atoms with Gasteiger partial charge in [0.15, 0.2) is 12.2 Å². The van der Waals surface area contributed by atoms with Crippen LogP contribution in [0.5, 0.6) is 0 Å². The second-order valence-corrected chi connectivity index (χ2v) is 33.5. The van der Waals surface area contributed by atoms with Crippen LogP contribution < -0.4 is 0 Å². The summed E-state index contributed by atoms with van der Waals surface area (Å²) in [5.41, 5.74) is 0. The zero-order valence-electron chi connectivity index (χ0n) is 65.8.